The predicted molar refractivity (Wildman–Crippen MR) is 112 cm³/mol. The van der Waals surface area contributed by atoms with Gasteiger partial charge in [0.25, 0.3) is 0 Å². The fraction of sp³-hybridized carbons (Fsp3) is 0.286. The van der Waals surface area contributed by atoms with Crippen molar-refractivity contribution in [2.24, 2.45) is 5.92 Å². The third-order valence-electron chi connectivity index (χ3n) is 5.33. The van der Waals surface area contributed by atoms with Crippen molar-refractivity contribution >= 4 is 5.97 Å². The van der Waals surface area contributed by atoms with Crippen molar-refractivity contribution in [3.8, 4) is 22.5 Å². The molecule has 0 amide bonds. The Balaban J connectivity index is 1.53. The van der Waals surface area contributed by atoms with Gasteiger partial charge in [-0.15, -0.1) is 20.4 Å². The third kappa shape index (κ3) is 4.63. The van der Waals surface area contributed by atoms with Crippen LogP contribution in [0.1, 0.15) is 37.1 Å². The van der Waals surface area contributed by atoms with E-state index in [-0.39, 0.29) is 5.92 Å². The number of benzene rings is 2. The molecule has 0 aliphatic rings. The molecule has 0 spiro atoms. The van der Waals surface area contributed by atoms with E-state index in [9.17, 15) is 9.90 Å². The standard InChI is InChI=1S/C21H22N8O2/c1-2-3-17(21(30)31)18(20-24-28-29-25-20)12-13-4-6-14(7-5-13)15-8-10-16(11-9-15)19-22-26-27-23-19/h4-11,17-18H,2-3,12H2,1H3,(H,30,31)(H,22,23,26,27)(H,24,25,28,29). The summed E-state index contributed by atoms with van der Waals surface area (Å²) in [5.74, 6) is -0.775. The summed E-state index contributed by atoms with van der Waals surface area (Å²) in [5.41, 5.74) is 4.02. The Bertz CT molecular complexity index is 1090. The molecule has 4 aromatic rings. The zero-order valence-corrected chi connectivity index (χ0v) is 16.9. The van der Waals surface area contributed by atoms with Crippen LogP contribution in [-0.4, -0.2) is 52.3 Å². The zero-order chi connectivity index (χ0) is 21.6. The molecule has 2 unspecified atom stereocenters. The molecule has 10 nitrogen and oxygen atoms in total. The number of carboxylic acids is 1. The van der Waals surface area contributed by atoms with Gasteiger partial charge in [-0.05, 0) is 34.7 Å². The minimum Gasteiger partial charge on any atom is -0.481 e. The van der Waals surface area contributed by atoms with Crippen LogP contribution in [0.5, 0.6) is 0 Å². The summed E-state index contributed by atoms with van der Waals surface area (Å²) in [5, 5.41) is 37.9. The topological polar surface area (TPSA) is 146 Å². The lowest BCUT2D eigenvalue weighted by Gasteiger charge is -2.21. The van der Waals surface area contributed by atoms with Crippen molar-refractivity contribution in [3.63, 3.8) is 0 Å². The highest BCUT2D eigenvalue weighted by molar-refractivity contribution is 5.71. The summed E-state index contributed by atoms with van der Waals surface area (Å²) >= 11 is 0. The molecule has 2 aromatic heterocycles. The molecule has 4 rings (SSSR count). The van der Waals surface area contributed by atoms with E-state index in [1.165, 1.54) is 0 Å². The first-order valence-corrected chi connectivity index (χ1v) is 10.0. The molecule has 0 fully saturated rings. The second kappa shape index (κ2) is 9.24. The van der Waals surface area contributed by atoms with Crippen LogP contribution < -0.4 is 0 Å². The first-order valence-electron chi connectivity index (χ1n) is 10.0. The molecule has 2 heterocycles. The molecule has 10 heteroatoms. The maximum atomic E-state index is 11.9. The number of tetrazole rings is 2. The van der Waals surface area contributed by atoms with Crippen molar-refractivity contribution < 1.29 is 9.90 Å². The lowest BCUT2D eigenvalue weighted by Crippen LogP contribution is -2.25. The van der Waals surface area contributed by atoms with Crippen molar-refractivity contribution in [3.05, 3.63) is 59.9 Å². The van der Waals surface area contributed by atoms with Crippen LogP contribution in [0.3, 0.4) is 0 Å². The van der Waals surface area contributed by atoms with Crippen LogP contribution >= 0.6 is 0 Å². The van der Waals surface area contributed by atoms with E-state index in [0.29, 0.717) is 24.5 Å². The highest BCUT2D eigenvalue weighted by Crippen LogP contribution is 2.31. The van der Waals surface area contributed by atoms with Crippen LogP contribution in [0, 0.1) is 5.92 Å². The second-order valence-corrected chi connectivity index (χ2v) is 7.32. The monoisotopic (exact) mass is 418 g/mol. The van der Waals surface area contributed by atoms with Gasteiger partial charge in [0.15, 0.2) is 5.82 Å². The zero-order valence-electron chi connectivity index (χ0n) is 16.9. The number of H-pyrrole nitrogens is 2. The summed E-state index contributed by atoms with van der Waals surface area (Å²) in [6.45, 7) is 1.97. The maximum Gasteiger partial charge on any atom is 0.307 e. The summed E-state index contributed by atoms with van der Waals surface area (Å²) in [6, 6.07) is 16.0. The highest BCUT2D eigenvalue weighted by atomic mass is 16.4. The van der Waals surface area contributed by atoms with Crippen LogP contribution in [0.2, 0.25) is 0 Å². The first kappa shape index (κ1) is 20.3. The number of aliphatic carboxylic acids is 1. The minimum atomic E-state index is -0.838. The second-order valence-electron chi connectivity index (χ2n) is 7.32. The summed E-state index contributed by atoms with van der Waals surface area (Å²) in [4.78, 5) is 11.9. The van der Waals surface area contributed by atoms with Crippen LogP contribution in [0.25, 0.3) is 22.5 Å². The lowest BCUT2D eigenvalue weighted by molar-refractivity contribution is -0.142. The Labute approximate surface area is 178 Å². The Kier molecular flexibility index (Phi) is 6.06. The quantitative estimate of drug-likeness (QED) is 0.376. The van der Waals surface area contributed by atoms with Gasteiger partial charge < -0.3 is 5.11 Å². The van der Waals surface area contributed by atoms with E-state index in [1.54, 1.807) is 0 Å². The number of rotatable bonds is 9. The number of aromatic nitrogens is 8. The average Bonchev–Trinajstić information content (AvgIpc) is 3.51. The number of nitrogens with one attached hydrogen (secondary N) is 2. The summed E-state index contributed by atoms with van der Waals surface area (Å²) < 4.78 is 0. The largest absolute Gasteiger partial charge is 0.481 e. The molecule has 0 aliphatic heterocycles. The summed E-state index contributed by atoms with van der Waals surface area (Å²) in [6.07, 6.45) is 1.84. The van der Waals surface area contributed by atoms with Gasteiger partial charge in [-0.3, -0.25) is 4.79 Å². The van der Waals surface area contributed by atoms with Crippen molar-refractivity contribution in [1.82, 2.24) is 41.2 Å². The fourth-order valence-corrected chi connectivity index (χ4v) is 3.73. The van der Waals surface area contributed by atoms with Gasteiger partial charge in [0.2, 0.25) is 5.82 Å². The van der Waals surface area contributed by atoms with Crippen LogP contribution in [-0.2, 0) is 11.2 Å². The van der Waals surface area contributed by atoms with E-state index < -0.39 is 11.9 Å². The smallest absolute Gasteiger partial charge is 0.307 e. The molecule has 2 atom stereocenters. The number of carbonyl (C=O) groups is 1. The van der Waals surface area contributed by atoms with Gasteiger partial charge in [0.1, 0.15) is 0 Å². The molecule has 0 saturated heterocycles. The van der Waals surface area contributed by atoms with E-state index in [0.717, 1.165) is 28.7 Å². The van der Waals surface area contributed by atoms with Crippen molar-refractivity contribution in [2.45, 2.75) is 32.1 Å². The van der Waals surface area contributed by atoms with Crippen molar-refractivity contribution in [2.75, 3.05) is 0 Å². The average molecular weight is 418 g/mol. The minimum absolute atomic E-state index is 0.351. The van der Waals surface area contributed by atoms with E-state index in [4.69, 9.17) is 0 Å². The Hall–Kier alpha value is -3.95. The molecular formula is C21H22N8O2. The first-order chi connectivity index (χ1) is 15.2. The third-order valence-corrected chi connectivity index (χ3v) is 5.33. The van der Waals surface area contributed by atoms with E-state index >= 15 is 0 Å². The van der Waals surface area contributed by atoms with E-state index in [1.807, 2.05) is 55.5 Å². The van der Waals surface area contributed by atoms with Gasteiger partial charge in [0.05, 0.1) is 5.92 Å². The van der Waals surface area contributed by atoms with Crippen LogP contribution in [0.4, 0.5) is 0 Å². The highest BCUT2D eigenvalue weighted by Gasteiger charge is 2.31. The maximum absolute atomic E-state index is 11.9. The molecule has 0 aliphatic carbocycles. The molecular weight excluding hydrogens is 396 g/mol. The Morgan fingerprint density at radius 3 is 2.06 bits per heavy atom. The van der Waals surface area contributed by atoms with Gasteiger partial charge in [-0.25, -0.2) is 0 Å². The van der Waals surface area contributed by atoms with Gasteiger partial charge in [-0.2, -0.15) is 10.4 Å². The Morgan fingerprint density at radius 1 is 0.903 bits per heavy atom. The molecule has 0 saturated carbocycles. The lowest BCUT2D eigenvalue weighted by atomic mass is 9.83. The van der Waals surface area contributed by atoms with Gasteiger partial charge >= 0.3 is 5.97 Å². The fourth-order valence-electron chi connectivity index (χ4n) is 3.73. The number of aromatic amines is 2. The number of hydrogen-bond acceptors (Lipinski definition) is 7. The van der Waals surface area contributed by atoms with Crippen molar-refractivity contribution in [1.29, 1.82) is 0 Å². The number of carboxylic acid groups (broad SMARTS) is 1. The molecule has 3 N–H and O–H groups in total. The molecule has 158 valence electrons. The Morgan fingerprint density at radius 2 is 1.52 bits per heavy atom. The van der Waals surface area contributed by atoms with E-state index in [2.05, 4.69) is 41.2 Å². The molecule has 0 bridgehead atoms. The van der Waals surface area contributed by atoms with Gasteiger partial charge in [0, 0.05) is 11.5 Å². The molecule has 0 radical (unpaired) electrons. The predicted octanol–water partition coefficient (Wildman–Crippen LogP) is 2.87. The number of nitrogens with zero attached hydrogens (tertiary/aromatic N) is 6. The van der Waals surface area contributed by atoms with Gasteiger partial charge in [-0.1, -0.05) is 67.1 Å². The summed E-state index contributed by atoms with van der Waals surface area (Å²) in [7, 11) is 0. The SMILES string of the molecule is CCCC(C(=O)O)C(Cc1ccc(-c2ccc(-c3nn[nH]n3)cc2)cc1)c1nn[nH]n1. The van der Waals surface area contributed by atoms with Crippen LogP contribution in [0.15, 0.2) is 48.5 Å². The normalized spacial score (nSPS) is 13.1. The molecule has 2 aromatic carbocycles. The molecule has 31 heavy (non-hydrogen) atoms. The number of hydrogen-bond donors (Lipinski definition) is 3.